The second kappa shape index (κ2) is 9.71. The van der Waals surface area contributed by atoms with Gasteiger partial charge in [0.25, 0.3) is 0 Å². The van der Waals surface area contributed by atoms with Gasteiger partial charge in [0.1, 0.15) is 0 Å². The summed E-state index contributed by atoms with van der Waals surface area (Å²) in [5.74, 6) is 1.42. The van der Waals surface area contributed by atoms with Crippen molar-refractivity contribution in [2.75, 3.05) is 14.2 Å². The van der Waals surface area contributed by atoms with Gasteiger partial charge in [-0.3, -0.25) is 9.69 Å². The first-order chi connectivity index (χ1) is 15.6. The second-order valence-electron chi connectivity index (χ2n) is 8.03. The van der Waals surface area contributed by atoms with Gasteiger partial charge in [0.05, 0.1) is 14.2 Å². The molecule has 5 nitrogen and oxygen atoms in total. The first kappa shape index (κ1) is 21.7. The zero-order valence-corrected chi connectivity index (χ0v) is 18.7. The number of hydrogen-bond donors (Lipinski definition) is 1. The number of fused-ring (bicyclic) bond motifs is 1. The van der Waals surface area contributed by atoms with Gasteiger partial charge < -0.3 is 14.5 Å². The number of pyridine rings is 1. The number of nitrogens with one attached hydrogen (secondary N) is 1. The Bertz CT molecular complexity index is 1270. The van der Waals surface area contributed by atoms with Crippen molar-refractivity contribution < 1.29 is 9.47 Å². The summed E-state index contributed by atoms with van der Waals surface area (Å²) >= 11 is 0. The van der Waals surface area contributed by atoms with Gasteiger partial charge in [0, 0.05) is 42.3 Å². The molecular formula is C27H28N2O3. The number of H-pyrrole nitrogens is 1. The van der Waals surface area contributed by atoms with Crippen LogP contribution in [0.2, 0.25) is 0 Å². The predicted octanol–water partition coefficient (Wildman–Crippen LogP) is 5.06. The summed E-state index contributed by atoms with van der Waals surface area (Å²) < 4.78 is 10.8. The third-order valence-corrected chi connectivity index (χ3v) is 5.54. The number of aromatic nitrogens is 1. The molecule has 0 bridgehead atoms. The number of hydrogen-bond acceptors (Lipinski definition) is 4. The van der Waals surface area contributed by atoms with Crippen molar-refractivity contribution in [3.05, 3.63) is 105 Å². The average Bonchev–Trinajstić information content (AvgIpc) is 2.80. The first-order valence-electron chi connectivity index (χ1n) is 10.7. The van der Waals surface area contributed by atoms with Gasteiger partial charge in [-0.1, -0.05) is 48.0 Å². The van der Waals surface area contributed by atoms with Crippen LogP contribution in [0.15, 0.2) is 77.6 Å². The summed E-state index contributed by atoms with van der Waals surface area (Å²) in [7, 11) is 3.28. The molecule has 0 fully saturated rings. The van der Waals surface area contributed by atoms with Crippen molar-refractivity contribution in [3.8, 4) is 11.5 Å². The SMILES string of the molecule is COc1ccc(CN(Cc2ccccc2)Cc2cc(=O)c3cc(C)ccc3[nH]2)cc1OC. The molecule has 4 aromatic rings. The molecule has 0 aliphatic carbocycles. The zero-order valence-electron chi connectivity index (χ0n) is 18.7. The molecule has 0 saturated carbocycles. The van der Waals surface area contributed by atoms with Gasteiger partial charge in [0.15, 0.2) is 16.9 Å². The van der Waals surface area contributed by atoms with Gasteiger partial charge in [-0.2, -0.15) is 0 Å². The Hall–Kier alpha value is -3.57. The summed E-state index contributed by atoms with van der Waals surface area (Å²) in [6.07, 6.45) is 0. The van der Waals surface area contributed by atoms with Crippen LogP contribution < -0.4 is 14.9 Å². The molecule has 0 spiro atoms. The van der Waals surface area contributed by atoms with Crippen molar-refractivity contribution in [1.29, 1.82) is 0 Å². The molecule has 0 aliphatic rings. The maximum Gasteiger partial charge on any atom is 0.189 e. The third kappa shape index (κ3) is 5.01. The highest BCUT2D eigenvalue weighted by atomic mass is 16.5. The van der Waals surface area contributed by atoms with Crippen molar-refractivity contribution in [1.82, 2.24) is 9.88 Å². The van der Waals surface area contributed by atoms with Crippen molar-refractivity contribution in [3.63, 3.8) is 0 Å². The summed E-state index contributed by atoms with van der Waals surface area (Å²) in [4.78, 5) is 18.5. The lowest BCUT2D eigenvalue weighted by atomic mass is 10.1. The Morgan fingerprint density at radius 2 is 1.53 bits per heavy atom. The molecule has 1 heterocycles. The van der Waals surface area contributed by atoms with E-state index in [0.717, 1.165) is 34.3 Å². The number of aryl methyl sites for hydroxylation is 1. The highest BCUT2D eigenvalue weighted by Gasteiger charge is 2.13. The Morgan fingerprint density at radius 1 is 0.781 bits per heavy atom. The van der Waals surface area contributed by atoms with Gasteiger partial charge >= 0.3 is 0 Å². The molecule has 0 radical (unpaired) electrons. The summed E-state index contributed by atoms with van der Waals surface area (Å²) in [6, 6.07) is 24.0. The number of benzene rings is 3. The minimum atomic E-state index is 0.0447. The minimum absolute atomic E-state index is 0.0447. The van der Waals surface area contributed by atoms with E-state index in [9.17, 15) is 4.79 Å². The summed E-state index contributed by atoms with van der Waals surface area (Å²) in [5, 5.41) is 0.725. The predicted molar refractivity (Wildman–Crippen MR) is 128 cm³/mol. The molecule has 1 aromatic heterocycles. The van der Waals surface area contributed by atoms with E-state index in [1.807, 2.05) is 61.5 Å². The third-order valence-electron chi connectivity index (χ3n) is 5.54. The zero-order chi connectivity index (χ0) is 22.5. The molecule has 164 valence electrons. The number of nitrogens with zero attached hydrogens (tertiary/aromatic N) is 1. The van der Waals surface area contributed by atoms with Crippen LogP contribution >= 0.6 is 0 Å². The fourth-order valence-corrected chi connectivity index (χ4v) is 3.99. The van der Waals surface area contributed by atoms with Crippen LogP contribution in [0.5, 0.6) is 11.5 Å². The highest BCUT2D eigenvalue weighted by Crippen LogP contribution is 2.28. The molecule has 0 atom stereocenters. The highest BCUT2D eigenvalue weighted by molar-refractivity contribution is 5.79. The molecule has 1 N–H and O–H groups in total. The topological polar surface area (TPSA) is 54.6 Å². The van der Waals surface area contributed by atoms with Crippen LogP contribution in [0, 0.1) is 6.92 Å². The van der Waals surface area contributed by atoms with Crippen molar-refractivity contribution >= 4 is 10.9 Å². The maximum absolute atomic E-state index is 12.7. The number of methoxy groups -OCH3 is 2. The molecule has 4 rings (SSSR count). The van der Waals surface area contributed by atoms with Crippen LogP contribution in [0.1, 0.15) is 22.4 Å². The number of rotatable bonds is 8. The molecule has 32 heavy (non-hydrogen) atoms. The van der Waals surface area contributed by atoms with Crippen LogP contribution in [0.4, 0.5) is 0 Å². The van der Waals surface area contributed by atoms with Crippen LogP contribution in [-0.4, -0.2) is 24.1 Å². The first-order valence-corrected chi connectivity index (χ1v) is 10.7. The van der Waals surface area contributed by atoms with Crippen LogP contribution in [0.25, 0.3) is 10.9 Å². The van der Waals surface area contributed by atoms with E-state index in [1.165, 1.54) is 5.56 Å². The van der Waals surface area contributed by atoms with E-state index in [0.29, 0.717) is 24.6 Å². The molecule has 0 amide bonds. The van der Waals surface area contributed by atoms with Crippen LogP contribution in [0.3, 0.4) is 0 Å². The van der Waals surface area contributed by atoms with E-state index < -0.39 is 0 Å². The lowest BCUT2D eigenvalue weighted by molar-refractivity contribution is 0.244. The Labute approximate surface area is 188 Å². The van der Waals surface area contributed by atoms with E-state index in [4.69, 9.17) is 9.47 Å². The van der Waals surface area contributed by atoms with Crippen LogP contribution in [-0.2, 0) is 19.6 Å². The molecular weight excluding hydrogens is 400 g/mol. The number of aromatic amines is 1. The largest absolute Gasteiger partial charge is 0.493 e. The quantitative estimate of drug-likeness (QED) is 0.426. The smallest absolute Gasteiger partial charge is 0.189 e. The fraction of sp³-hybridized carbons (Fsp3) is 0.222. The summed E-state index contributed by atoms with van der Waals surface area (Å²) in [5.41, 5.74) is 5.20. The maximum atomic E-state index is 12.7. The molecule has 5 heteroatoms. The number of ether oxygens (including phenoxy) is 2. The standard InChI is InChI=1S/C27H28N2O3/c1-19-9-11-24-23(13-19)25(30)15-22(28-24)18-29(16-20-7-5-4-6-8-20)17-21-10-12-26(31-2)27(14-21)32-3/h4-15H,16-18H2,1-3H3,(H,28,30). The molecule has 0 unspecified atom stereocenters. The average molecular weight is 429 g/mol. The van der Waals surface area contributed by atoms with E-state index in [-0.39, 0.29) is 5.43 Å². The van der Waals surface area contributed by atoms with Crippen molar-refractivity contribution in [2.24, 2.45) is 0 Å². The lowest BCUT2D eigenvalue weighted by Gasteiger charge is -2.23. The van der Waals surface area contributed by atoms with Gasteiger partial charge in [-0.25, -0.2) is 0 Å². The van der Waals surface area contributed by atoms with Gasteiger partial charge in [0.2, 0.25) is 0 Å². The fourth-order valence-electron chi connectivity index (χ4n) is 3.99. The molecule has 0 aliphatic heterocycles. The molecule has 3 aromatic carbocycles. The Kier molecular flexibility index (Phi) is 6.57. The Balaban J connectivity index is 1.65. The molecule has 0 saturated heterocycles. The second-order valence-corrected chi connectivity index (χ2v) is 8.03. The lowest BCUT2D eigenvalue weighted by Crippen LogP contribution is -2.24. The van der Waals surface area contributed by atoms with E-state index >= 15 is 0 Å². The Morgan fingerprint density at radius 3 is 2.28 bits per heavy atom. The van der Waals surface area contributed by atoms with E-state index in [1.54, 1.807) is 20.3 Å². The van der Waals surface area contributed by atoms with Gasteiger partial charge in [-0.05, 0) is 42.3 Å². The monoisotopic (exact) mass is 428 g/mol. The summed E-state index contributed by atoms with van der Waals surface area (Å²) in [6.45, 7) is 4.06. The normalized spacial score (nSPS) is 11.1. The van der Waals surface area contributed by atoms with Crippen molar-refractivity contribution in [2.45, 2.75) is 26.6 Å². The van der Waals surface area contributed by atoms with E-state index in [2.05, 4.69) is 22.0 Å². The van der Waals surface area contributed by atoms with Gasteiger partial charge in [-0.15, -0.1) is 0 Å². The minimum Gasteiger partial charge on any atom is -0.493 e.